The van der Waals surface area contributed by atoms with E-state index in [9.17, 15) is 14.9 Å². The molecular formula is C27H27N5O5. The van der Waals surface area contributed by atoms with E-state index in [1.165, 1.54) is 10.5 Å². The van der Waals surface area contributed by atoms with Gasteiger partial charge >= 0.3 is 0 Å². The second kappa shape index (κ2) is 11.5. The minimum atomic E-state index is -0.496. The molecule has 37 heavy (non-hydrogen) atoms. The van der Waals surface area contributed by atoms with E-state index in [1.54, 1.807) is 35.1 Å². The number of carbonyl (C=O) groups is 1. The fourth-order valence-electron chi connectivity index (χ4n) is 4.01. The van der Waals surface area contributed by atoms with Crippen LogP contribution in [0.25, 0.3) is 16.7 Å². The molecule has 0 radical (unpaired) electrons. The molecule has 3 aromatic rings. The Bertz CT molecular complexity index is 1600. The Balaban J connectivity index is 1.88. The molecule has 0 bridgehead atoms. The van der Waals surface area contributed by atoms with Gasteiger partial charge in [0.15, 0.2) is 17.0 Å². The van der Waals surface area contributed by atoms with E-state index < -0.39 is 5.91 Å². The smallest absolute Gasteiger partial charge is 0.267 e. The summed E-state index contributed by atoms with van der Waals surface area (Å²) in [7, 11) is 0. The highest BCUT2D eigenvalue weighted by molar-refractivity contribution is 5.81. The zero-order valence-corrected chi connectivity index (χ0v) is 20.8. The summed E-state index contributed by atoms with van der Waals surface area (Å²) in [5.74, 6) is 0.400. The van der Waals surface area contributed by atoms with Crippen molar-refractivity contribution in [2.24, 2.45) is 4.99 Å². The summed E-state index contributed by atoms with van der Waals surface area (Å²) >= 11 is 0. The van der Waals surface area contributed by atoms with Gasteiger partial charge in [0.25, 0.3) is 11.5 Å². The quantitative estimate of drug-likeness (QED) is 0.344. The van der Waals surface area contributed by atoms with Gasteiger partial charge in [0.05, 0.1) is 17.4 Å². The van der Waals surface area contributed by atoms with Gasteiger partial charge in [0, 0.05) is 26.0 Å². The molecule has 3 aromatic heterocycles. The maximum atomic E-state index is 13.3. The average molecular weight is 502 g/mol. The molecule has 0 aliphatic carbocycles. The van der Waals surface area contributed by atoms with Gasteiger partial charge < -0.3 is 18.8 Å². The summed E-state index contributed by atoms with van der Waals surface area (Å²) in [6.45, 7) is 8.82. The number of nitrogens with zero attached hydrogens (tertiary/aromatic N) is 5. The molecule has 4 heterocycles. The Labute approximate surface area is 213 Å². The van der Waals surface area contributed by atoms with Crippen LogP contribution in [-0.4, -0.2) is 39.9 Å². The number of aromatic nitrogens is 3. The van der Waals surface area contributed by atoms with Crippen LogP contribution in [0.1, 0.15) is 30.9 Å². The second-order valence-corrected chi connectivity index (χ2v) is 8.19. The Morgan fingerprint density at radius 2 is 2.16 bits per heavy atom. The number of rotatable bonds is 8. The van der Waals surface area contributed by atoms with Crippen molar-refractivity contribution >= 4 is 22.6 Å². The number of fused-ring (bicyclic) bond motifs is 2. The summed E-state index contributed by atoms with van der Waals surface area (Å²) in [6, 6.07) is 7.17. The lowest BCUT2D eigenvalue weighted by Crippen LogP contribution is -2.30. The number of nitriles is 1. The van der Waals surface area contributed by atoms with Gasteiger partial charge in [-0.2, -0.15) is 10.3 Å². The van der Waals surface area contributed by atoms with Crippen LogP contribution < -0.4 is 11.0 Å². The number of ether oxygens (including phenoxy) is 3. The first-order valence-electron chi connectivity index (χ1n) is 11.9. The molecule has 1 aliphatic heterocycles. The van der Waals surface area contributed by atoms with Crippen molar-refractivity contribution in [2.45, 2.75) is 33.2 Å². The van der Waals surface area contributed by atoms with Crippen molar-refractivity contribution in [3.8, 4) is 6.07 Å². The highest BCUT2D eigenvalue weighted by atomic mass is 16.7. The molecule has 0 saturated carbocycles. The van der Waals surface area contributed by atoms with Crippen molar-refractivity contribution in [3.63, 3.8) is 0 Å². The summed E-state index contributed by atoms with van der Waals surface area (Å²) in [6.07, 6.45) is 6.90. The summed E-state index contributed by atoms with van der Waals surface area (Å²) in [5.41, 5.74) is 1.60. The molecule has 0 unspecified atom stereocenters. The third-order valence-electron chi connectivity index (χ3n) is 5.73. The summed E-state index contributed by atoms with van der Waals surface area (Å²) in [5, 5.41) is 10.2. The first kappa shape index (κ1) is 25.6. The molecule has 10 heteroatoms. The van der Waals surface area contributed by atoms with E-state index >= 15 is 0 Å². The third-order valence-corrected chi connectivity index (χ3v) is 5.73. The maximum absolute atomic E-state index is 13.3. The van der Waals surface area contributed by atoms with Crippen LogP contribution in [0.15, 0.2) is 70.5 Å². The molecule has 1 saturated heterocycles. The normalized spacial score (nSPS) is 15.8. The number of amides is 1. The van der Waals surface area contributed by atoms with Crippen molar-refractivity contribution < 1.29 is 19.0 Å². The molecule has 1 aliphatic rings. The second-order valence-electron chi connectivity index (χ2n) is 8.19. The van der Waals surface area contributed by atoms with Gasteiger partial charge in [0.2, 0.25) is 6.79 Å². The van der Waals surface area contributed by atoms with E-state index in [2.05, 4.69) is 17.6 Å². The lowest BCUT2D eigenvalue weighted by molar-refractivity contribution is -0.117. The molecule has 1 amide bonds. The number of allylic oxidation sites excluding steroid dienone is 2. The summed E-state index contributed by atoms with van der Waals surface area (Å²) < 4.78 is 19.3. The molecule has 0 atom stereocenters. The van der Waals surface area contributed by atoms with Gasteiger partial charge in [-0.05, 0) is 50.1 Å². The highest BCUT2D eigenvalue weighted by Crippen LogP contribution is 2.21. The monoisotopic (exact) mass is 501 g/mol. The van der Waals surface area contributed by atoms with Crippen LogP contribution in [0, 0.1) is 18.3 Å². The Morgan fingerprint density at radius 3 is 2.92 bits per heavy atom. The van der Waals surface area contributed by atoms with Crippen LogP contribution in [0.3, 0.4) is 0 Å². The minimum Gasteiger partial charge on any atom is -0.454 e. The van der Waals surface area contributed by atoms with E-state index in [0.717, 1.165) is 5.56 Å². The first-order valence-corrected chi connectivity index (χ1v) is 11.9. The van der Waals surface area contributed by atoms with E-state index in [1.807, 2.05) is 19.9 Å². The molecule has 0 spiro atoms. The maximum Gasteiger partial charge on any atom is 0.267 e. The van der Waals surface area contributed by atoms with Crippen LogP contribution >= 0.6 is 0 Å². The van der Waals surface area contributed by atoms with Gasteiger partial charge in [0.1, 0.15) is 17.4 Å². The van der Waals surface area contributed by atoms with Crippen LogP contribution in [0.5, 0.6) is 0 Å². The predicted octanol–water partition coefficient (Wildman–Crippen LogP) is 3.03. The number of hydrogen-bond donors (Lipinski definition) is 0. The lowest BCUT2D eigenvalue weighted by Gasteiger charge is -2.14. The molecular weight excluding hydrogens is 474 g/mol. The SMILES string of the molecule is C=C/C=C1/OCO/C1=C/CC(=O)N=c1c(C#N)cc2c(=O)n3cccc(C)c3nc2n1CCCOCC. The van der Waals surface area contributed by atoms with Gasteiger partial charge in [-0.1, -0.05) is 18.7 Å². The van der Waals surface area contributed by atoms with Gasteiger partial charge in [-0.15, -0.1) is 0 Å². The zero-order valence-electron chi connectivity index (χ0n) is 20.8. The minimum absolute atomic E-state index is 0.0501. The van der Waals surface area contributed by atoms with Crippen molar-refractivity contribution in [1.82, 2.24) is 14.0 Å². The largest absolute Gasteiger partial charge is 0.454 e. The first-order chi connectivity index (χ1) is 18.0. The Morgan fingerprint density at radius 1 is 1.35 bits per heavy atom. The lowest BCUT2D eigenvalue weighted by atomic mass is 10.2. The highest BCUT2D eigenvalue weighted by Gasteiger charge is 2.18. The van der Waals surface area contributed by atoms with Crippen molar-refractivity contribution in [1.29, 1.82) is 5.26 Å². The average Bonchev–Trinajstić information content (AvgIpc) is 3.34. The van der Waals surface area contributed by atoms with Crippen LogP contribution in [0.2, 0.25) is 0 Å². The van der Waals surface area contributed by atoms with Gasteiger partial charge in [-0.25, -0.2) is 4.98 Å². The van der Waals surface area contributed by atoms with Crippen molar-refractivity contribution in [3.05, 3.63) is 87.7 Å². The standard InChI is InChI=1S/C27H27N5O5/c1-4-8-21-22(37-17-36-21)10-11-23(33)29-25-19(16-28)15-20-26(31(25)13-7-14-35-5-2)30-24-18(3)9-6-12-32(24)27(20)34/h4,6,8-10,12,15H,1,5,7,11,13-14,17H2,2-3H3/b21-8+,22-10+,29-25?. The predicted molar refractivity (Wildman–Crippen MR) is 136 cm³/mol. The zero-order chi connectivity index (χ0) is 26.4. The number of pyridine rings is 2. The van der Waals surface area contributed by atoms with Crippen molar-refractivity contribution in [2.75, 3.05) is 20.0 Å². The van der Waals surface area contributed by atoms with Gasteiger partial charge in [-0.3, -0.25) is 14.0 Å². The van der Waals surface area contributed by atoms with Crippen LogP contribution in [0.4, 0.5) is 0 Å². The van der Waals surface area contributed by atoms with E-state index in [0.29, 0.717) is 49.0 Å². The molecule has 10 nitrogen and oxygen atoms in total. The van der Waals surface area contributed by atoms with Crippen LogP contribution in [-0.2, 0) is 25.5 Å². The van der Waals surface area contributed by atoms with E-state index in [4.69, 9.17) is 19.2 Å². The molecule has 1 fully saturated rings. The Kier molecular flexibility index (Phi) is 7.95. The fourth-order valence-corrected chi connectivity index (χ4v) is 4.01. The summed E-state index contributed by atoms with van der Waals surface area (Å²) in [4.78, 5) is 35.3. The fraction of sp³-hybridized carbons (Fsp3) is 0.296. The molecule has 4 rings (SSSR count). The molecule has 0 N–H and O–H groups in total. The Hall–Kier alpha value is -4.49. The molecule has 190 valence electrons. The number of aryl methyl sites for hydroxylation is 2. The molecule has 0 aromatic carbocycles. The third kappa shape index (κ3) is 5.37. The topological polar surface area (TPSA) is 120 Å². The number of hydrogen-bond acceptors (Lipinski definition) is 7. The number of carbonyl (C=O) groups excluding carboxylic acids is 1. The van der Waals surface area contributed by atoms with E-state index in [-0.39, 0.29) is 35.2 Å².